The van der Waals surface area contributed by atoms with Gasteiger partial charge in [-0.25, -0.2) is 0 Å². The lowest BCUT2D eigenvalue weighted by atomic mass is 10.1. The van der Waals surface area contributed by atoms with Crippen LogP contribution in [0.25, 0.3) is 10.2 Å². The van der Waals surface area contributed by atoms with Gasteiger partial charge in [-0.2, -0.15) is 5.10 Å². The average Bonchev–Trinajstić information content (AvgIpc) is 3.09. The standard InChI is InChI=1S/C17H20N4OS2/c1-2-20-9-11(8-18-20)10-21-16(22)14-12-6-4-3-5-7-13(12)24-15(14)19-17(21)23/h8-9H,2-7,10H2,1H3,(H,19,23). The summed E-state index contributed by atoms with van der Waals surface area (Å²) in [6.07, 6.45) is 9.49. The SMILES string of the molecule is CCn1cc(Cn2c(=S)[nH]c3sc4c(c3c2=O)CCCCC4)cn1. The van der Waals surface area contributed by atoms with Crippen LogP contribution in [0.3, 0.4) is 0 Å². The molecule has 0 bridgehead atoms. The number of nitrogens with one attached hydrogen (secondary N) is 1. The second-order valence-corrected chi connectivity index (χ2v) is 7.79. The molecule has 0 amide bonds. The summed E-state index contributed by atoms with van der Waals surface area (Å²) in [6.45, 7) is 3.33. The zero-order valence-corrected chi connectivity index (χ0v) is 15.3. The molecule has 0 aliphatic heterocycles. The largest absolute Gasteiger partial charge is 0.323 e. The van der Waals surface area contributed by atoms with E-state index in [2.05, 4.69) is 10.1 Å². The van der Waals surface area contributed by atoms with Crippen molar-refractivity contribution < 1.29 is 0 Å². The van der Waals surface area contributed by atoms with Crippen LogP contribution in [0, 0.1) is 4.77 Å². The molecular formula is C17H20N4OS2. The third-order valence-corrected chi connectivity index (χ3v) is 6.23. The first-order chi connectivity index (χ1) is 11.7. The maximum Gasteiger partial charge on any atom is 0.263 e. The molecule has 7 heteroatoms. The highest BCUT2D eigenvalue weighted by Crippen LogP contribution is 2.32. The van der Waals surface area contributed by atoms with Gasteiger partial charge in [-0.1, -0.05) is 6.42 Å². The first kappa shape index (κ1) is 15.8. The number of H-pyrrole nitrogens is 1. The lowest BCUT2D eigenvalue weighted by molar-refractivity contribution is 0.657. The van der Waals surface area contributed by atoms with E-state index in [-0.39, 0.29) is 5.56 Å². The predicted octanol–water partition coefficient (Wildman–Crippen LogP) is 3.65. The van der Waals surface area contributed by atoms with E-state index in [1.807, 2.05) is 24.0 Å². The number of aromatic amines is 1. The van der Waals surface area contributed by atoms with Crippen molar-refractivity contribution in [2.24, 2.45) is 0 Å². The number of aryl methyl sites for hydroxylation is 3. The number of rotatable bonds is 3. The van der Waals surface area contributed by atoms with Crippen molar-refractivity contribution in [3.8, 4) is 0 Å². The summed E-state index contributed by atoms with van der Waals surface area (Å²) in [4.78, 5) is 18.7. The van der Waals surface area contributed by atoms with E-state index in [0.717, 1.165) is 41.6 Å². The molecule has 4 rings (SSSR count). The Hall–Kier alpha value is -1.73. The fraction of sp³-hybridized carbons (Fsp3) is 0.471. The van der Waals surface area contributed by atoms with Gasteiger partial charge in [0, 0.05) is 23.2 Å². The molecule has 3 heterocycles. The molecule has 0 spiro atoms. The summed E-state index contributed by atoms with van der Waals surface area (Å²) in [5.74, 6) is 0. The van der Waals surface area contributed by atoms with E-state index in [4.69, 9.17) is 12.2 Å². The van der Waals surface area contributed by atoms with Crippen LogP contribution in [-0.2, 0) is 25.9 Å². The Morgan fingerprint density at radius 2 is 2.17 bits per heavy atom. The van der Waals surface area contributed by atoms with Crippen molar-refractivity contribution in [1.82, 2.24) is 19.3 Å². The molecule has 0 unspecified atom stereocenters. The second kappa shape index (κ2) is 6.29. The second-order valence-electron chi connectivity index (χ2n) is 6.29. The fourth-order valence-corrected chi connectivity index (χ4v) is 5.03. The Kier molecular flexibility index (Phi) is 4.14. The minimum atomic E-state index is 0.0393. The third kappa shape index (κ3) is 2.65. The molecule has 5 nitrogen and oxygen atoms in total. The van der Waals surface area contributed by atoms with Gasteiger partial charge in [0.25, 0.3) is 5.56 Å². The molecule has 24 heavy (non-hydrogen) atoms. The summed E-state index contributed by atoms with van der Waals surface area (Å²) in [6, 6.07) is 0. The van der Waals surface area contributed by atoms with Crippen LogP contribution in [0.4, 0.5) is 0 Å². The average molecular weight is 361 g/mol. The van der Waals surface area contributed by atoms with Gasteiger partial charge in [-0.05, 0) is 50.4 Å². The molecular weight excluding hydrogens is 340 g/mol. The Balaban J connectivity index is 1.85. The third-order valence-electron chi connectivity index (χ3n) is 4.70. The minimum Gasteiger partial charge on any atom is -0.323 e. The maximum absolute atomic E-state index is 13.1. The van der Waals surface area contributed by atoms with Crippen molar-refractivity contribution in [2.45, 2.75) is 52.1 Å². The molecule has 1 aliphatic carbocycles. The Labute approximate surface area is 149 Å². The first-order valence-corrected chi connectivity index (χ1v) is 9.68. The van der Waals surface area contributed by atoms with Crippen LogP contribution in [-0.4, -0.2) is 19.3 Å². The van der Waals surface area contributed by atoms with Gasteiger partial charge in [0.05, 0.1) is 18.1 Å². The molecule has 0 radical (unpaired) electrons. The lowest BCUT2D eigenvalue weighted by Crippen LogP contribution is -2.22. The van der Waals surface area contributed by atoms with Crippen molar-refractivity contribution >= 4 is 33.8 Å². The molecule has 0 saturated carbocycles. The highest BCUT2D eigenvalue weighted by molar-refractivity contribution is 7.71. The monoisotopic (exact) mass is 360 g/mol. The summed E-state index contributed by atoms with van der Waals surface area (Å²) in [5, 5.41) is 5.14. The van der Waals surface area contributed by atoms with E-state index >= 15 is 0 Å². The predicted molar refractivity (Wildman–Crippen MR) is 99.5 cm³/mol. The molecule has 0 saturated heterocycles. The minimum absolute atomic E-state index is 0.0393. The summed E-state index contributed by atoms with van der Waals surface area (Å²) < 4.78 is 4.03. The van der Waals surface area contributed by atoms with Gasteiger partial charge >= 0.3 is 0 Å². The quantitative estimate of drug-likeness (QED) is 0.573. The highest BCUT2D eigenvalue weighted by atomic mass is 32.1. The molecule has 0 atom stereocenters. The zero-order valence-electron chi connectivity index (χ0n) is 13.7. The normalized spacial score (nSPS) is 14.7. The Bertz CT molecular complexity index is 1010. The van der Waals surface area contributed by atoms with Crippen LogP contribution < -0.4 is 5.56 Å². The van der Waals surface area contributed by atoms with Crippen LogP contribution in [0.2, 0.25) is 0 Å². The van der Waals surface area contributed by atoms with Gasteiger partial charge in [-0.3, -0.25) is 14.0 Å². The first-order valence-electron chi connectivity index (χ1n) is 8.46. The van der Waals surface area contributed by atoms with Gasteiger partial charge in [-0.15, -0.1) is 11.3 Å². The van der Waals surface area contributed by atoms with Gasteiger partial charge in [0.15, 0.2) is 4.77 Å². The molecule has 0 aromatic carbocycles. The van der Waals surface area contributed by atoms with E-state index in [1.54, 1.807) is 15.9 Å². The summed E-state index contributed by atoms with van der Waals surface area (Å²) in [5.41, 5.74) is 2.29. The van der Waals surface area contributed by atoms with Crippen molar-refractivity contribution in [2.75, 3.05) is 0 Å². The number of aromatic nitrogens is 4. The Morgan fingerprint density at radius 3 is 2.96 bits per heavy atom. The van der Waals surface area contributed by atoms with E-state index in [1.165, 1.54) is 23.3 Å². The topological polar surface area (TPSA) is 55.6 Å². The highest BCUT2D eigenvalue weighted by Gasteiger charge is 2.19. The Morgan fingerprint density at radius 1 is 1.33 bits per heavy atom. The number of thiophene rings is 1. The lowest BCUT2D eigenvalue weighted by Gasteiger charge is -2.06. The van der Waals surface area contributed by atoms with Gasteiger partial charge < -0.3 is 4.98 Å². The van der Waals surface area contributed by atoms with Crippen molar-refractivity contribution in [3.63, 3.8) is 0 Å². The number of fused-ring (bicyclic) bond motifs is 3. The maximum atomic E-state index is 13.1. The van der Waals surface area contributed by atoms with E-state index < -0.39 is 0 Å². The number of hydrogen-bond acceptors (Lipinski definition) is 4. The van der Waals surface area contributed by atoms with Crippen molar-refractivity contribution in [3.05, 3.63) is 43.5 Å². The molecule has 126 valence electrons. The van der Waals surface area contributed by atoms with Crippen LogP contribution in [0.5, 0.6) is 0 Å². The van der Waals surface area contributed by atoms with Crippen molar-refractivity contribution in [1.29, 1.82) is 0 Å². The smallest absolute Gasteiger partial charge is 0.263 e. The number of hydrogen-bond donors (Lipinski definition) is 1. The zero-order chi connectivity index (χ0) is 16.7. The molecule has 3 aromatic heterocycles. The molecule has 1 aliphatic rings. The van der Waals surface area contributed by atoms with Crippen LogP contribution in [0.15, 0.2) is 17.2 Å². The molecule has 3 aromatic rings. The number of nitrogens with zero attached hydrogens (tertiary/aromatic N) is 3. The fourth-order valence-electron chi connectivity index (χ4n) is 3.44. The summed E-state index contributed by atoms with van der Waals surface area (Å²) >= 11 is 7.17. The van der Waals surface area contributed by atoms with Crippen LogP contribution in [0.1, 0.15) is 42.2 Å². The molecule has 1 N–H and O–H groups in total. The molecule has 0 fully saturated rings. The van der Waals surface area contributed by atoms with Gasteiger partial charge in [0.2, 0.25) is 0 Å². The van der Waals surface area contributed by atoms with Crippen LogP contribution >= 0.6 is 23.6 Å². The van der Waals surface area contributed by atoms with Gasteiger partial charge in [0.1, 0.15) is 4.83 Å². The van der Waals surface area contributed by atoms with E-state index in [0.29, 0.717) is 11.3 Å². The summed E-state index contributed by atoms with van der Waals surface area (Å²) in [7, 11) is 0. The van der Waals surface area contributed by atoms with E-state index in [9.17, 15) is 4.79 Å².